The van der Waals surface area contributed by atoms with Gasteiger partial charge in [0.25, 0.3) is 0 Å². The zero-order valence-corrected chi connectivity index (χ0v) is 16.4. The normalized spacial score (nSPS) is 15.6. The SMILES string of the molecule is CCCOc1c(C)cc(NC(=O)C2(c3ccccc3F)CCCC2)cc1C. The fraction of sp³-hybridized carbons (Fsp3) is 0.435. The van der Waals surface area contributed by atoms with Crippen molar-refractivity contribution in [2.24, 2.45) is 0 Å². The second-order valence-electron chi connectivity index (χ2n) is 7.51. The van der Waals surface area contributed by atoms with Crippen molar-refractivity contribution in [3.8, 4) is 5.75 Å². The van der Waals surface area contributed by atoms with Gasteiger partial charge in [-0.3, -0.25) is 4.79 Å². The molecule has 2 aromatic carbocycles. The van der Waals surface area contributed by atoms with E-state index in [1.807, 2.05) is 26.0 Å². The van der Waals surface area contributed by atoms with Gasteiger partial charge in [0.05, 0.1) is 12.0 Å². The zero-order chi connectivity index (χ0) is 19.4. The number of hydrogen-bond acceptors (Lipinski definition) is 2. The van der Waals surface area contributed by atoms with Gasteiger partial charge in [0.2, 0.25) is 5.91 Å². The van der Waals surface area contributed by atoms with Crippen molar-refractivity contribution in [1.82, 2.24) is 0 Å². The van der Waals surface area contributed by atoms with Crippen LogP contribution in [0.5, 0.6) is 5.75 Å². The Kier molecular flexibility index (Phi) is 5.83. The Labute approximate surface area is 160 Å². The third kappa shape index (κ3) is 3.85. The number of amides is 1. The van der Waals surface area contributed by atoms with Crippen LogP contribution >= 0.6 is 0 Å². The first-order valence-electron chi connectivity index (χ1n) is 9.78. The number of halogens is 1. The molecular formula is C23H28FNO2. The maximum Gasteiger partial charge on any atom is 0.235 e. The first kappa shape index (κ1) is 19.4. The minimum absolute atomic E-state index is 0.119. The number of aryl methyl sites for hydroxylation is 2. The molecule has 0 spiro atoms. The number of benzene rings is 2. The Morgan fingerprint density at radius 2 is 1.78 bits per heavy atom. The molecule has 144 valence electrons. The largest absolute Gasteiger partial charge is 0.493 e. The maximum absolute atomic E-state index is 14.5. The lowest BCUT2D eigenvalue weighted by molar-refractivity contribution is -0.121. The number of nitrogens with one attached hydrogen (secondary N) is 1. The Morgan fingerprint density at radius 1 is 1.15 bits per heavy atom. The topological polar surface area (TPSA) is 38.3 Å². The highest BCUT2D eigenvalue weighted by Gasteiger charge is 2.44. The number of carbonyl (C=O) groups excluding carboxylic acids is 1. The Bertz CT molecular complexity index is 802. The fourth-order valence-corrected chi connectivity index (χ4v) is 4.15. The van der Waals surface area contributed by atoms with Crippen LogP contribution in [-0.2, 0) is 10.2 Å². The minimum Gasteiger partial charge on any atom is -0.493 e. The van der Waals surface area contributed by atoms with Crippen LogP contribution in [0.1, 0.15) is 55.7 Å². The molecule has 0 heterocycles. The Hall–Kier alpha value is -2.36. The van der Waals surface area contributed by atoms with E-state index in [1.54, 1.807) is 18.2 Å². The van der Waals surface area contributed by atoms with E-state index in [-0.39, 0.29) is 11.7 Å². The van der Waals surface area contributed by atoms with Crippen molar-refractivity contribution < 1.29 is 13.9 Å². The quantitative estimate of drug-likeness (QED) is 0.711. The predicted octanol–water partition coefficient (Wildman–Crippen LogP) is 5.68. The molecule has 0 unspecified atom stereocenters. The number of hydrogen-bond donors (Lipinski definition) is 1. The van der Waals surface area contributed by atoms with Crippen LogP contribution in [0.4, 0.5) is 10.1 Å². The van der Waals surface area contributed by atoms with Gasteiger partial charge in [0.1, 0.15) is 11.6 Å². The van der Waals surface area contributed by atoms with Gasteiger partial charge in [-0.15, -0.1) is 0 Å². The number of rotatable bonds is 6. The molecule has 0 saturated heterocycles. The average molecular weight is 369 g/mol. The van der Waals surface area contributed by atoms with Gasteiger partial charge in [0, 0.05) is 11.3 Å². The lowest BCUT2D eigenvalue weighted by Gasteiger charge is -2.29. The molecule has 0 aliphatic heterocycles. The molecule has 1 amide bonds. The first-order valence-corrected chi connectivity index (χ1v) is 9.78. The highest BCUT2D eigenvalue weighted by molar-refractivity contribution is 5.99. The van der Waals surface area contributed by atoms with Crippen LogP contribution in [-0.4, -0.2) is 12.5 Å². The summed E-state index contributed by atoms with van der Waals surface area (Å²) in [6, 6.07) is 10.5. The van der Waals surface area contributed by atoms with Crippen molar-refractivity contribution in [1.29, 1.82) is 0 Å². The Balaban J connectivity index is 1.88. The summed E-state index contributed by atoms with van der Waals surface area (Å²) in [4.78, 5) is 13.3. The van der Waals surface area contributed by atoms with Gasteiger partial charge in [-0.2, -0.15) is 0 Å². The summed E-state index contributed by atoms with van der Waals surface area (Å²) < 4.78 is 20.3. The second kappa shape index (κ2) is 8.12. The number of anilines is 1. The third-order valence-corrected chi connectivity index (χ3v) is 5.45. The average Bonchev–Trinajstić information content (AvgIpc) is 3.12. The summed E-state index contributed by atoms with van der Waals surface area (Å²) in [6.07, 6.45) is 4.17. The van der Waals surface area contributed by atoms with E-state index in [0.29, 0.717) is 25.0 Å². The first-order chi connectivity index (χ1) is 13.0. The van der Waals surface area contributed by atoms with E-state index in [1.165, 1.54) is 6.07 Å². The Morgan fingerprint density at radius 3 is 2.37 bits per heavy atom. The lowest BCUT2D eigenvalue weighted by atomic mass is 9.77. The van der Waals surface area contributed by atoms with Crippen molar-refractivity contribution in [3.63, 3.8) is 0 Å². The van der Waals surface area contributed by atoms with Crippen LogP contribution < -0.4 is 10.1 Å². The monoisotopic (exact) mass is 369 g/mol. The third-order valence-electron chi connectivity index (χ3n) is 5.45. The van der Waals surface area contributed by atoms with Crippen LogP contribution in [0.15, 0.2) is 36.4 Å². The van der Waals surface area contributed by atoms with E-state index in [0.717, 1.165) is 41.8 Å². The summed E-state index contributed by atoms with van der Waals surface area (Å²) in [5.41, 5.74) is 2.44. The maximum atomic E-state index is 14.5. The van der Waals surface area contributed by atoms with E-state index >= 15 is 0 Å². The molecule has 4 heteroatoms. The molecule has 1 aliphatic rings. The van der Waals surface area contributed by atoms with E-state index < -0.39 is 5.41 Å². The van der Waals surface area contributed by atoms with Gasteiger partial charge in [0.15, 0.2) is 0 Å². The molecule has 0 atom stereocenters. The molecule has 2 aromatic rings. The number of carbonyl (C=O) groups is 1. The molecule has 27 heavy (non-hydrogen) atoms. The highest BCUT2D eigenvalue weighted by Crippen LogP contribution is 2.43. The highest BCUT2D eigenvalue weighted by atomic mass is 19.1. The van der Waals surface area contributed by atoms with Crippen molar-refractivity contribution in [2.45, 2.75) is 58.3 Å². The van der Waals surface area contributed by atoms with Gasteiger partial charge in [-0.05, 0) is 62.4 Å². The van der Waals surface area contributed by atoms with Gasteiger partial charge >= 0.3 is 0 Å². The summed E-state index contributed by atoms with van der Waals surface area (Å²) in [7, 11) is 0. The summed E-state index contributed by atoms with van der Waals surface area (Å²) >= 11 is 0. The predicted molar refractivity (Wildman–Crippen MR) is 107 cm³/mol. The fourth-order valence-electron chi connectivity index (χ4n) is 4.15. The van der Waals surface area contributed by atoms with Crippen LogP contribution in [0.25, 0.3) is 0 Å². The molecule has 0 bridgehead atoms. The van der Waals surface area contributed by atoms with Gasteiger partial charge in [-0.1, -0.05) is 38.0 Å². The molecule has 1 aliphatic carbocycles. The van der Waals surface area contributed by atoms with Crippen LogP contribution in [0.2, 0.25) is 0 Å². The molecule has 0 radical (unpaired) electrons. The van der Waals surface area contributed by atoms with Crippen LogP contribution in [0, 0.1) is 19.7 Å². The van der Waals surface area contributed by atoms with E-state index in [2.05, 4.69) is 12.2 Å². The minimum atomic E-state index is -0.787. The lowest BCUT2D eigenvalue weighted by Crippen LogP contribution is -2.38. The zero-order valence-electron chi connectivity index (χ0n) is 16.4. The second-order valence-corrected chi connectivity index (χ2v) is 7.51. The van der Waals surface area contributed by atoms with Gasteiger partial charge < -0.3 is 10.1 Å². The van der Waals surface area contributed by atoms with Crippen molar-refractivity contribution >= 4 is 11.6 Å². The summed E-state index contributed by atoms with van der Waals surface area (Å²) in [5.74, 6) is 0.455. The van der Waals surface area contributed by atoms with Crippen molar-refractivity contribution in [3.05, 3.63) is 58.9 Å². The molecule has 0 aromatic heterocycles. The molecule has 1 fully saturated rings. The van der Waals surface area contributed by atoms with E-state index in [4.69, 9.17) is 4.74 Å². The number of ether oxygens (including phenoxy) is 1. The van der Waals surface area contributed by atoms with Crippen LogP contribution in [0.3, 0.4) is 0 Å². The molecule has 3 rings (SSSR count). The summed E-state index contributed by atoms with van der Waals surface area (Å²) in [5, 5.41) is 3.05. The molecule has 3 nitrogen and oxygen atoms in total. The smallest absolute Gasteiger partial charge is 0.235 e. The van der Waals surface area contributed by atoms with Gasteiger partial charge in [-0.25, -0.2) is 4.39 Å². The van der Waals surface area contributed by atoms with E-state index in [9.17, 15) is 9.18 Å². The van der Waals surface area contributed by atoms with Crippen molar-refractivity contribution in [2.75, 3.05) is 11.9 Å². The molecule has 1 saturated carbocycles. The molecule has 1 N–H and O–H groups in total. The standard InChI is InChI=1S/C23H28FNO2/c1-4-13-27-21-16(2)14-18(15-17(21)3)25-22(26)23(11-7-8-12-23)19-9-5-6-10-20(19)24/h5-6,9-10,14-15H,4,7-8,11-13H2,1-3H3,(H,25,26). The molecular weight excluding hydrogens is 341 g/mol. The summed E-state index contributed by atoms with van der Waals surface area (Å²) in [6.45, 7) is 6.71.